The van der Waals surface area contributed by atoms with Gasteiger partial charge >= 0.3 is 0 Å². The lowest BCUT2D eigenvalue weighted by atomic mass is 10.2. The van der Waals surface area contributed by atoms with Gasteiger partial charge in [-0.05, 0) is 44.2 Å². The van der Waals surface area contributed by atoms with Crippen LogP contribution in [-0.2, 0) is 0 Å². The number of aromatic nitrogens is 3. The van der Waals surface area contributed by atoms with Gasteiger partial charge in [0, 0.05) is 22.6 Å². The minimum atomic E-state index is 0.363. The number of nitrogen functional groups attached to an aromatic ring is 1. The highest BCUT2D eigenvalue weighted by Crippen LogP contribution is 2.30. The number of pyridine rings is 1. The molecule has 0 saturated carbocycles. The van der Waals surface area contributed by atoms with Crippen LogP contribution in [0, 0.1) is 13.8 Å². The Morgan fingerprint density at radius 3 is 2.43 bits per heavy atom. The Morgan fingerprint density at radius 1 is 1.05 bits per heavy atom. The van der Waals surface area contributed by atoms with Gasteiger partial charge in [-0.15, -0.1) is 0 Å². The molecule has 0 aliphatic heterocycles. The normalized spacial score (nSPS) is 10.8. The van der Waals surface area contributed by atoms with Gasteiger partial charge in [-0.2, -0.15) is 4.98 Å². The summed E-state index contributed by atoms with van der Waals surface area (Å²) in [7, 11) is 0. The van der Waals surface area contributed by atoms with Gasteiger partial charge in [0.2, 0.25) is 5.82 Å². The van der Waals surface area contributed by atoms with E-state index in [1.54, 1.807) is 18.2 Å². The van der Waals surface area contributed by atoms with E-state index in [2.05, 4.69) is 15.1 Å². The van der Waals surface area contributed by atoms with Crippen molar-refractivity contribution in [1.82, 2.24) is 15.1 Å². The molecule has 0 saturated heterocycles. The fraction of sp³-hybridized carbons (Fsp3) is 0.133. The predicted octanol–water partition coefficient (Wildman–Crippen LogP) is 3.65. The monoisotopic (exact) mass is 300 g/mol. The summed E-state index contributed by atoms with van der Waals surface area (Å²) in [4.78, 5) is 8.72. The van der Waals surface area contributed by atoms with Crippen molar-refractivity contribution in [1.29, 1.82) is 0 Å². The van der Waals surface area contributed by atoms with E-state index in [9.17, 15) is 0 Å². The molecule has 3 rings (SSSR count). The summed E-state index contributed by atoms with van der Waals surface area (Å²) < 4.78 is 5.30. The maximum absolute atomic E-state index is 6.15. The van der Waals surface area contributed by atoms with E-state index in [1.807, 2.05) is 26.0 Å². The standard InChI is InChI=1S/C15H13ClN4O/c1-8-5-10(6-9(2)18-8)14-19-15(21-20-14)12-4-3-11(17)7-13(12)16/h3-7H,17H2,1-2H3. The first-order chi connectivity index (χ1) is 10.0. The lowest BCUT2D eigenvalue weighted by Gasteiger charge is -2.00. The number of hydrogen-bond acceptors (Lipinski definition) is 5. The van der Waals surface area contributed by atoms with E-state index < -0.39 is 0 Å². The third kappa shape index (κ3) is 2.73. The number of benzene rings is 1. The van der Waals surface area contributed by atoms with Gasteiger partial charge in [0.05, 0.1) is 10.6 Å². The molecule has 5 nitrogen and oxygen atoms in total. The van der Waals surface area contributed by atoms with Crippen LogP contribution in [0.3, 0.4) is 0 Å². The molecule has 0 radical (unpaired) electrons. The number of aryl methyl sites for hydroxylation is 2. The summed E-state index contributed by atoms with van der Waals surface area (Å²) in [5.41, 5.74) is 9.59. The van der Waals surface area contributed by atoms with Crippen LogP contribution in [0.5, 0.6) is 0 Å². The molecule has 3 aromatic rings. The summed E-state index contributed by atoms with van der Waals surface area (Å²) in [5, 5.41) is 4.48. The summed E-state index contributed by atoms with van der Waals surface area (Å²) in [6, 6.07) is 8.98. The molecule has 0 spiro atoms. The summed E-state index contributed by atoms with van der Waals surface area (Å²) >= 11 is 6.15. The minimum Gasteiger partial charge on any atom is -0.399 e. The van der Waals surface area contributed by atoms with Crippen LogP contribution in [0.25, 0.3) is 22.8 Å². The largest absolute Gasteiger partial charge is 0.399 e. The molecule has 0 unspecified atom stereocenters. The van der Waals surface area contributed by atoms with Crippen LogP contribution in [0.2, 0.25) is 5.02 Å². The lowest BCUT2D eigenvalue weighted by molar-refractivity contribution is 0.432. The highest BCUT2D eigenvalue weighted by Gasteiger charge is 2.14. The second kappa shape index (κ2) is 5.18. The van der Waals surface area contributed by atoms with Crippen LogP contribution < -0.4 is 5.73 Å². The fourth-order valence-electron chi connectivity index (χ4n) is 2.12. The molecule has 0 bridgehead atoms. The van der Waals surface area contributed by atoms with Crippen molar-refractivity contribution in [3.8, 4) is 22.8 Å². The van der Waals surface area contributed by atoms with E-state index in [-0.39, 0.29) is 0 Å². The van der Waals surface area contributed by atoms with Crippen LogP contribution >= 0.6 is 11.6 Å². The first kappa shape index (κ1) is 13.6. The van der Waals surface area contributed by atoms with Crippen molar-refractivity contribution in [3.05, 3.63) is 46.7 Å². The highest BCUT2D eigenvalue weighted by molar-refractivity contribution is 6.33. The molecule has 1 aromatic carbocycles. The Morgan fingerprint density at radius 2 is 1.76 bits per heavy atom. The number of rotatable bonds is 2. The average Bonchev–Trinajstić information content (AvgIpc) is 2.87. The maximum atomic E-state index is 6.15. The van der Waals surface area contributed by atoms with E-state index in [4.69, 9.17) is 21.9 Å². The van der Waals surface area contributed by atoms with Crippen molar-refractivity contribution in [3.63, 3.8) is 0 Å². The highest BCUT2D eigenvalue weighted by atomic mass is 35.5. The topological polar surface area (TPSA) is 77.8 Å². The molecule has 6 heteroatoms. The average molecular weight is 301 g/mol. The SMILES string of the molecule is Cc1cc(-c2noc(-c3ccc(N)cc3Cl)n2)cc(C)n1. The summed E-state index contributed by atoms with van der Waals surface area (Å²) in [6.07, 6.45) is 0. The van der Waals surface area contributed by atoms with Gasteiger partial charge in [-0.3, -0.25) is 4.98 Å². The molecule has 2 heterocycles. The second-order valence-corrected chi connectivity index (χ2v) is 5.21. The Labute approximate surface area is 126 Å². The van der Waals surface area contributed by atoms with E-state index in [0.717, 1.165) is 17.0 Å². The lowest BCUT2D eigenvalue weighted by Crippen LogP contribution is -1.89. The maximum Gasteiger partial charge on any atom is 0.259 e. The molecular formula is C15H13ClN4O. The quantitative estimate of drug-likeness (QED) is 0.731. The summed E-state index contributed by atoms with van der Waals surface area (Å²) in [5.74, 6) is 0.869. The first-order valence-corrected chi connectivity index (χ1v) is 6.75. The smallest absolute Gasteiger partial charge is 0.259 e. The Hall–Kier alpha value is -2.40. The van der Waals surface area contributed by atoms with E-state index in [0.29, 0.717) is 28.0 Å². The molecule has 0 aliphatic rings. The Kier molecular flexibility index (Phi) is 3.35. The number of hydrogen-bond donors (Lipinski definition) is 1. The molecule has 21 heavy (non-hydrogen) atoms. The zero-order chi connectivity index (χ0) is 15.0. The zero-order valence-electron chi connectivity index (χ0n) is 11.6. The molecule has 2 aromatic heterocycles. The van der Waals surface area contributed by atoms with Crippen molar-refractivity contribution < 1.29 is 4.52 Å². The third-order valence-corrected chi connectivity index (χ3v) is 3.30. The molecule has 106 valence electrons. The molecular weight excluding hydrogens is 288 g/mol. The van der Waals surface area contributed by atoms with Crippen molar-refractivity contribution in [2.45, 2.75) is 13.8 Å². The Balaban J connectivity index is 2.03. The van der Waals surface area contributed by atoms with Gasteiger partial charge in [-0.25, -0.2) is 0 Å². The molecule has 0 atom stereocenters. The van der Waals surface area contributed by atoms with Crippen molar-refractivity contribution >= 4 is 17.3 Å². The van der Waals surface area contributed by atoms with Crippen LogP contribution in [-0.4, -0.2) is 15.1 Å². The molecule has 0 aliphatic carbocycles. The van der Waals surface area contributed by atoms with Crippen LogP contribution in [0.15, 0.2) is 34.9 Å². The summed E-state index contributed by atoms with van der Waals surface area (Å²) in [6.45, 7) is 3.85. The van der Waals surface area contributed by atoms with E-state index >= 15 is 0 Å². The minimum absolute atomic E-state index is 0.363. The number of nitrogens with two attached hydrogens (primary N) is 1. The van der Waals surface area contributed by atoms with Gasteiger partial charge in [0.1, 0.15) is 0 Å². The first-order valence-electron chi connectivity index (χ1n) is 6.38. The fourth-order valence-corrected chi connectivity index (χ4v) is 2.39. The predicted molar refractivity (Wildman–Crippen MR) is 81.9 cm³/mol. The Bertz CT molecular complexity index is 793. The van der Waals surface area contributed by atoms with Gasteiger partial charge in [0.25, 0.3) is 5.89 Å². The van der Waals surface area contributed by atoms with E-state index in [1.165, 1.54) is 0 Å². The van der Waals surface area contributed by atoms with Crippen LogP contribution in [0.4, 0.5) is 5.69 Å². The molecule has 2 N–H and O–H groups in total. The van der Waals surface area contributed by atoms with Crippen molar-refractivity contribution in [2.75, 3.05) is 5.73 Å². The third-order valence-electron chi connectivity index (χ3n) is 2.99. The van der Waals surface area contributed by atoms with Crippen LogP contribution in [0.1, 0.15) is 11.4 Å². The number of nitrogens with zero attached hydrogens (tertiary/aromatic N) is 3. The van der Waals surface area contributed by atoms with Gasteiger partial charge < -0.3 is 10.3 Å². The van der Waals surface area contributed by atoms with Crippen molar-refractivity contribution in [2.24, 2.45) is 0 Å². The number of anilines is 1. The molecule has 0 fully saturated rings. The second-order valence-electron chi connectivity index (χ2n) is 4.80. The van der Waals surface area contributed by atoms with Gasteiger partial charge in [0.15, 0.2) is 0 Å². The molecule has 0 amide bonds. The van der Waals surface area contributed by atoms with Gasteiger partial charge in [-0.1, -0.05) is 16.8 Å². The zero-order valence-corrected chi connectivity index (χ0v) is 12.3. The number of halogens is 1.